The molecule has 0 radical (unpaired) electrons. The van der Waals surface area contributed by atoms with Crippen molar-refractivity contribution in [2.45, 2.75) is 19.9 Å². The van der Waals surface area contributed by atoms with Gasteiger partial charge in [-0.3, -0.25) is 0 Å². The molecule has 0 saturated carbocycles. The van der Waals surface area contributed by atoms with E-state index >= 15 is 0 Å². The molecule has 2 aromatic rings. The molecule has 0 saturated heterocycles. The van der Waals surface area contributed by atoms with E-state index in [4.69, 9.17) is 27.9 Å². The van der Waals surface area contributed by atoms with Gasteiger partial charge in [0, 0.05) is 10.0 Å². The number of benzene rings is 2. The van der Waals surface area contributed by atoms with Gasteiger partial charge < -0.3 is 10.1 Å². The van der Waals surface area contributed by atoms with E-state index in [-0.39, 0.29) is 6.04 Å². The third kappa shape index (κ3) is 3.38. The van der Waals surface area contributed by atoms with E-state index in [9.17, 15) is 0 Å². The van der Waals surface area contributed by atoms with Gasteiger partial charge >= 0.3 is 0 Å². The number of hydrogen-bond acceptors (Lipinski definition) is 2. The Kier molecular flexibility index (Phi) is 4.79. The summed E-state index contributed by atoms with van der Waals surface area (Å²) in [5.74, 6) is 0.813. The molecule has 0 amide bonds. The summed E-state index contributed by atoms with van der Waals surface area (Å²) in [6.45, 7) is 4.10. The summed E-state index contributed by atoms with van der Waals surface area (Å²) >= 11 is 12.2. The number of anilines is 1. The first-order chi connectivity index (χ1) is 9.51. The van der Waals surface area contributed by atoms with Crippen LogP contribution >= 0.6 is 23.2 Å². The van der Waals surface area contributed by atoms with Crippen molar-refractivity contribution in [2.24, 2.45) is 0 Å². The minimum atomic E-state index is 0.0514. The molecule has 1 unspecified atom stereocenters. The largest absolute Gasteiger partial charge is 0.495 e. The van der Waals surface area contributed by atoms with Gasteiger partial charge in [-0.1, -0.05) is 35.3 Å². The fourth-order valence-corrected chi connectivity index (χ4v) is 2.67. The number of nitrogens with one attached hydrogen (secondary N) is 1. The van der Waals surface area contributed by atoms with Crippen molar-refractivity contribution in [2.75, 3.05) is 12.4 Å². The van der Waals surface area contributed by atoms with Crippen molar-refractivity contribution in [1.82, 2.24) is 0 Å². The second kappa shape index (κ2) is 6.38. The van der Waals surface area contributed by atoms with Gasteiger partial charge in [0.15, 0.2) is 0 Å². The Balaban J connectivity index is 2.27. The minimum absolute atomic E-state index is 0.0514. The predicted octanol–water partition coefficient (Wildman–Crippen LogP) is 5.48. The van der Waals surface area contributed by atoms with Gasteiger partial charge in [-0.25, -0.2) is 0 Å². The van der Waals surface area contributed by atoms with E-state index in [2.05, 4.69) is 18.3 Å². The van der Waals surface area contributed by atoms with E-state index in [1.807, 2.05) is 31.2 Å². The molecular weight excluding hydrogens is 293 g/mol. The highest BCUT2D eigenvalue weighted by atomic mass is 35.5. The Morgan fingerprint density at radius 1 is 1.10 bits per heavy atom. The minimum Gasteiger partial charge on any atom is -0.495 e. The van der Waals surface area contributed by atoms with Gasteiger partial charge in [0.1, 0.15) is 5.75 Å². The standard InChI is InChI=1S/C16H17Cl2NO/c1-10-4-7-16(20-3)15(8-10)19-11(2)13-6-5-12(17)9-14(13)18/h4-9,11,19H,1-3H3. The zero-order chi connectivity index (χ0) is 14.7. The van der Waals surface area contributed by atoms with E-state index in [1.165, 1.54) is 5.56 Å². The Bertz CT molecular complexity index is 613. The van der Waals surface area contributed by atoms with E-state index < -0.39 is 0 Å². The average Bonchev–Trinajstić information content (AvgIpc) is 2.38. The normalized spacial score (nSPS) is 12.1. The number of methoxy groups -OCH3 is 1. The van der Waals surface area contributed by atoms with Crippen LogP contribution in [0, 0.1) is 6.92 Å². The SMILES string of the molecule is COc1ccc(C)cc1NC(C)c1ccc(Cl)cc1Cl. The molecular formula is C16H17Cl2NO. The van der Waals surface area contributed by atoms with Crippen LogP contribution in [0.1, 0.15) is 24.1 Å². The first-order valence-electron chi connectivity index (χ1n) is 6.37. The Labute approximate surface area is 129 Å². The summed E-state index contributed by atoms with van der Waals surface area (Å²) in [5.41, 5.74) is 3.12. The van der Waals surface area contributed by atoms with Gasteiger partial charge in [0.05, 0.1) is 18.8 Å². The van der Waals surface area contributed by atoms with Crippen molar-refractivity contribution in [1.29, 1.82) is 0 Å². The topological polar surface area (TPSA) is 21.3 Å². The van der Waals surface area contributed by atoms with Crippen LogP contribution in [0.5, 0.6) is 5.75 Å². The van der Waals surface area contributed by atoms with Crippen LogP contribution in [0.4, 0.5) is 5.69 Å². The maximum Gasteiger partial charge on any atom is 0.141 e. The molecule has 0 heterocycles. The van der Waals surface area contributed by atoms with Crippen LogP contribution in [0.25, 0.3) is 0 Å². The van der Waals surface area contributed by atoms with Gasteiger partial charge in [-0.15, -0.1) is 0 Å². The summed E-state index contributed by atoms with van der Waals surface area (Å²) in [6, 6.07) is 11.6. The molecule has 0 fully saturated rings. The number of ether oxygens (including phenoxy) is 1. The zero-order valence-electron chi connectivity index (χ0n) is 11.7. The monoisotopic (exact) mass is 309 g/mol. The quantitative estimate of drug-likeness (QED) is 0.807. The lowest BCUT2D eigenvalue weighted by Crippen LogP contribution is -2.08. The van der Waals surface area contributed by atoms with Crippen molar-refractivity contribution < 1.29 is 4.74 Å². The summed E-state index contributed by atoms with van der Waals surface area (Å²) in [4.78, 5) is 0. The van der Waals surface area contributed by atoms with Gasteiger partial charge in [-0.2, -0.15) is 0 Å². The molecule has 20 heavy (non-hydrogen) atoms. The van der Waals surface area contributed by atoms with Crippen LogP contribution in [0.15, 0.2) is 36.4 Å². The molecule has 106 valence electrons. The highest BCUT2D eigenvalue weighted by Gasteiger charge is 2.12. The summed E-state index contributed by atoms with van der Waals surface area (Å²) in [6.07, 6.45) is 0. The average molecular weight is 310 g/mol. The second-order valence-electron chi connectivity index (χ2n) is 4.74. The van der Waals surface area contributed by atoms with Gasteiger partial charge in [0.25, 0.3) is 0 Å². The van der Waals surface area contributed by atoms with Crippen LogP contribution in [0.3, 0.4) is 0 Å². The molecule has 0 aliphatic heterocycles. The smallest absolute Gasteiger partial charge is 0.141 e. The number of aryl methyl sites for hydroxylation is 1. The second-order valence-corrected chi connectivity index (χ2v) is 5.58. The lowest BCUT2D eigenvalue weighted by Gasteiger charge is -2.19. The predicted molar refractivity (Wildman–Crippen MR) is 86.2 cm³/mol. The lowest BCUT2D eigenvalue weighted by molar-refractivity contribution is 0.416. The molecule has 1 atom stereocenters. The van der Waals surface area contributed by atoms with E-state index in [0.717, 1.165) is 17.0 Å². The molecule has 0 bridgehead atoms. The molecule has 2 rings (SSSR count). The highest BCUT2D eigenvalue weighted by Crippen LogP contribution is 2.32. The zero-order valence-corrected chi connectivity index (χ0v) is 13.2. The van der Waals surface area contributed by atoms with Crippen molar-refractivity contribution in [3.8, 4) is 5.75 Å². The summed E-state index contributed by atoms with van der Waals surface area (Å²) in [5, 5.41) is 4.72. The maximum absolute atomic E-state index is 6.24. The molecule has 4 heteroatoms. The van der Waals surface area contributed by atoms with Crippen LogP contribution < -0.4 is 10.1 Å². The summed E-state index contributed by atoms with van der Waals surface area (Å²) in [7, 11) is 1.66. The fraction of sp³-hybridized carbons (Fsp3) is 0.250. The van der Waals surface area contributed by atoms with Crippen molar-refractivity contribution in [3.05, 3.63) is 57.6 Å². The maximum atomic E-state index is 6.24. The third-order valence-electron chi connectivity index (χ3n) is 3.16. The third-order valence-corrected chi connectivity index (χ3v) is 3.72. The summed E-state index contributed by atoms with van der Waals surface area (Å²) < 4.78 is 5.37. The Morgan fingerprint density at radius 3 is 2.50 bits per heavy atom. The number of hydrogen-bond donors (Lipinski definition) is 1. The molecule has 2 aromatic carbocycles. The first kappa shape index (κ1) is 15.0. The van der Waals surface area contributed by atoms with E-state index in [0.29, 0.717) is 10.0 Å². The fourth-order valence-electron chi connectivity index (χ4n) is 2.10. The lowest BCUT2D eigenvalue weighted by atomic mass is 10.1. The molecule has 2 nitrogen and oxygen atoms in total. The molecule has 0 aliphatic rings. The first-order valence-corrected chi connectivity index (χ1v) is 7.13. The van der Waals surface area contributed by atoms with Gasteiger partial charge in [-0.05, 0) is 49.2 Å². The Hall–Kier alpha value is -1.38. The molecule has 1 N–H and O–H groups in total. The van der Waals surface area contributed by atoms with Crippen molar-refractivity contribution >= 4 is 28.9 Å². The van der Waals surface area contributed by atoms with E-state index in [1.54, 1.807) is 13.2 Å². The highest BCUT2D eigenvalue weighted by molar-refractivity contribution is 6.35. The Morgan fingerprint density at radius 2 is 1.85 bits per heavy atom. The van der Waals surface area contributed by atoms with Crippen LogP contribution in [0.2, 0.25) is 10.0 Å². The molecule has 0 spiro atoms. The van der Waals surface area contributed by atoms with Gasteiger partial charge in [0.2, 0.25) is 0 Å². The molecule has 0 aliphatic carbocycles. The van der Waals surface area contributed by atoms with Crippen LogP contribution in [-0.2, 0) is 0 Å². The number of halogens is 2. The van der Waals surface area contributed by atoms with Crippen molar-refractivity contribution in [3.63, 3.8) is 0 Å². The number of rotatable bonds is 4. The molecule has 0 aromatic heterocycles. The van der Waals surface area contributed by atoms with Crippen LogP contribution in [-0.4, -0.2) is 7.11 Å².